The molecule has 32 heavy (non-hydrogen) atoms. The Morgan fingerprint density at radius 1 is 1.00 bits per heavy atom. The van der Waals surface area contributed by atoms with Crippen LogP contribution in [-0.2, 0) is 0 Å². The van der Waals surface area contributed by atoms with Crippen LogP contribution in [0.5, 0.6) is 0 Å². The summed E-state index contributed by atoms with van der Waals surface area (Å²) in [6, 6.07) is 23.7. The fourth-order valence-corrected chi connectivity index (χ4v) is 7.23. The number of anilines is 2. The van der Waals surface area contributed by atoms with Gasteiger partial charge in [-0.05, 0) is 126 Å². The van der Waals surface area contributed by atoms with E-state index in [1.165, 1.54) is 39.6 Å². The van der Waals surface area contributed by atoms with E-state index in [1.54, 1.807) is 0 Å². The molecule has 1 heterocycles. The van der Waals surface area contributed by atoms with Crippen molar-refractivity contribution in [2.45, 2.75) is 38.1 Å². The zero-order valence-corrected chi connectivity index (χ0v) is 20.3. The first-order valence-electron chi connectivity index (χ1n) is 11.6. The standard InChI is InChI=1S/C28H27IN2O/c1-16-13-21(29)10-12-23(16)31-28(32)20-9-11-24-22(15-20)25-18-7-8-19(14-18)26(25)27(30-24)17-5-3-2-4-6-17/h2-6,9-13,15,18-19,25-27,30H,7-8,14H2,1H3,(H,31,32)/t18-,19-,25-,26+,27+/m0/s1. The van der Waals surface area contributed by atoms with Crippen LogP contribution in [0.25, 0.3) is 0 Å². The molecule has 3 nitrogen and oxygen atoms in total. The highest BCUT2D eigenvalue weighted by Crippen LogP contribution is 2.63. The predicted octanol–water partition coefficient (Wildman–Crippen LogP) is 7.15. The monoisotopic (exact) mass is 534 g/mol. The predicted molar refractivity (Wildman–Crippen MR) is 138 cm³/mol. The van der Waals surface area contributed by atoms with Gasteiger partial charge in [-0.2, -0.15) is 0 Å². The number of halogens is 1. The molecule has 6 rings (SSSR count). The number of rotatable bonds is 3. The van der Waals surface area contributed by atoms with E-state index in [0.29, 0.717) is 17.9 Å². The van der Waals surface area contributed by atoms with Gasteiger partial charge in [0.2, 0.25) is 0 Å². The number of aryl methyl sites for hydroxylation is 1. The maximum Gasteiger partial charge on any atom is 0.255 e. The van der Waals surface area contributed by atoms with Crippen molar-refractivity contribution in [1.82, 2.24) is 0 Å². The quantitative estimate of drug-likeness (QED) is 0.351. The van der Waals surface area contributed by atoms with E-state index in [9.17, 15) is 4.79 Å². The lowest BCUT2D eigenvalue weighted by Gasteiger charge is -2.43. The van der Waals surface area contributed by atoms with Gasteiger partial charge in [-0.3, -0.25) is 4.79 Å². The van der Waals surface area contributed by atoms with Crippen molar-refractivity contribution >= 4 is 39.9 Å². The molecular weight excluding hydrogens is 507 g/mol. The van der Waals surface area contributed by atoms with E-state index < -0.39 is 0 Å². The number of hydrogen-bond donors (Lipinski definition) is 2. The van der Waals surface area contributed by atoms with Gasteiger partial charge in [0.25, 0.3) is 5.91 Å². The SMILES string of the molecule is Cc1cc(I)ccc1NC(=O)c1ccc2c(c1)[C@@H]1[C@H]3CC[C@@H](C3)[C@H]1[C@@H](c1ccccc1)N2. The van der Waals surface area contributed by atoms with Gasteiger partial charge < -0.3 is 10.6 Å². The minimum Gasteiger partial charge on any atom is -0.378 e. The molecule has 5 atom stereocenters. The summed E-state index contributed by atoms with van der Waals surface area (Å²) in [5.74, 6) is 2.65. The topological polar surface area (TPSA) is 41.1 Å². The van der Waals surface area contributed by atoms with Gasteiger partial charge in [0.1, 0.15) is 0 Å². The van der Waals surface area contributed by atoms with Crippen molar-refractivity contribution in [2.75, 3.05) is 10.6 Å². The maximum absolute atomic E-state index is 13.1. The summed E-state index contributed by atoms with van der Waals surface area (Å²) in [5.41, 5.74) is 6.66. The smallest absolute Gasteiger partial charge is 0.255 e. The second kappa shape index (κ2) is 7.91. The molecule has 2 bridgehead atoms. The van der Waals surface area contributed by atoms with Crippen LogP contribution in [0.2, 0.25) is 0 Å². The van der Waals surface area contributed by atoms with Crippen LogP contribution < -0.4 is 10.6 Å². The second-order valence-electron chi connectivity index (χ2n) is 9.68. The Hall–Kier alpha value is -2.34. The molecule has 1 amide bonds. The van der Waals surface area contributed by atoms with Crippen LogP contribution in [0.3, 0.4) is 0 Å². The Morgan fingerprint density at radius 2 is 1.81 bits per heavy atom. The molecular formula is C28H27IN2O. The Morgan fingerprint density at radius 3 is 2.62 bits per heavy atom. The van der Waals surface area contributed by atoms with Gasteiger partial charge in [0, 0.05) is 20.5 Å². The van der Waals surface area contributed by atoms with E-state index in [1.807, 2.05) is 25.1 Å². The molecule has 0 aromatic heterocycles. The zero-order valence-electron chi connectivity index (χ0n) is 18.1. The minimum absolute atomic E-state index is 0.0259. The summed E-state index contributed by atoms with van der Waals surface area (Å²) in [7, 11) is 0. The van der Waals surface area contributed by atoms with Crippen molar-refractivity contribution in [1.29, 1.82) is 0 Å². The summed E-state index contributed by atoms with van der Waals surface area (Å²) in [4.78, 5) is 13.1. The van der Waals surface area contributed by atoms with Gasteiger partial charge >= 0.3 is 0 Å². The van der Waals surface area contributed by atoms with E-state index in [4.69, 9.17) is 0 Å². The number of hydrogen-bond acceptors (Lipinski definition) is 2. The largest absolute Gasteiger partial charge is 0.378 e. The molecule has 0 radical (unpaired) electrons. The summed E-state index contributed by atoms with van der Waals surface area (Å²) in [6.45, 7) is 2.04. The fourth-order valence-electron chi connectivity index (χ4n) is 6.58. The Labute approximate surface area is 203 Å². The molecule has 0 saturated heterocycles. The van der Waals surface area contributed by atoms with Gasteiger partial charge in [-0.25, -0.2) is 0 Å². The number of amides is 1. The number of carbonyl (C=O) groups is 1. The Balaban J connectivity index is 1.34. The Bertz CT molecular complexity index is 1190. The molecule has 1 aliphatic heterocycles. The highest BCUT2D eigenvalue weighted by molar-refractivity contribution is 14.1. The van der Waals surface area contributed by atoms with Crippen LogP contribution in [0, 0.1) is 28.2 Å². The van der Waals surface area contributed by atoms with Crippen molar-refractivity contribution in [3.05, 3.63) is 92.6 Å². The van der Waals surface area contributed by atoms with Gasteiger partial charge in [-0.1, -0.05) is 30.3 Å². The first kappa shape index (κ1) is 20.3. The number of fused-ring (bicyclic) bond motifs is 7. The van der Waals surface area contributed by atoms with Crippen LogP contribution in [0.15, 0.2) is 66.7 Å². The van der Waals surface area contributed by atoms with Crippen molar-refractivity contribution in [3.8, 4) is 0 Å². The zero-order chi connectivity index (χ0) is 21.8. The molecule has 2 N–H and O–H groups in total. The van der Waals surface area contributed by atoms with Crippen molar-refractivity contribution < 1.29 is 4.79 Å². The molecule has 0 spiro atoms. The summed E-state index contributed by atoms with van der Waals surface area (Å²) >= 11 is 2.30. The molecule has 3 aromatic rings. The summed E-state index contributed by atoms with van der Waals surface area (Å²) in [5, 5.41) is 6.99. The number of carbonyl (C=O) groups excluding carboxylic acids is 1. The average molecular weight is 534 g/mol. The van der Waals surface area contributed by atoms with E-state index in [-0.39, 0.29) is 5.91 Å². The number of benzene rings is 3. The van der Waals surface area contributed by atoms with E-state index >= 15 is 0 Å². The maximum atomic E-state index is 13.1. The van der Waals surface area contributed by atoms with Crippen molar-refractivity contribution in [3.63, 3.8) is 0 Å². The van der Waals surface area contributed by atoms with Crippen LogP contribution in [0.1, 0.15) is 58.3 Å². The molecule has 4 heteroatoms. The molecule has 2 fully saturated rings. The second-order valence-corrected chi connectivity index (χ2v) is 10.9. The third kappa shape index (κ3) is 3.35. The lowest BCUT2D eigenvalue weighted by molar-refractivity contribution is 0.102. The first-order valence-corrected chi connectivity index (χ1v) is 12.7. The molecule has 3 aromatic carbocycles. The summed E-state index contributed by atoms with van der Waals surface area (Å²) < 4.78 is 1.17. The van der Waals surface area contributed by atoms with E-state index in [2.05, 4.69) is 81.8 Å². The normalized spacial score (nSPS) is 27.4. The van der Waals surface area contributed by atoms with Crippen LogP contribution in [-0.4, -0.2) is 5.91 Å². The molecule has 162 valence electrons. The third-order valence-electron chi connectivity index (χ3n) is 7.94. The van der Waals surface area contributed by atoms with Crippen LogP contribution in [0.4, 0.5) is 11.4 Å². The summed E-state index contributed by atoms with van der Waals surface area (Å²) in [6.07, 6.45) is 4.00. The van der Waals surface area contributed by atoms with E-state index in [0.717, 1.165) is 28.7 Å². The first-order chi connectivity index (χ1) is 15.6. The lowest BCUT2D eigenvalue weighted by Crippen LogP contribution is -2.35. The van der Waals surface area contributed by atoms with Gasteiger partial charge in [-0.15, -0.1) is 0 Å². The van der Waals surface area contributed by atoms with Gasteiger partial charge in [0.05, 0.1) is 6.04 Å². The molecule has 0 unspecified atom stereocenters. The molecule has 2 aliphatic carbocycles. The lowest BCUT2D eigenvalue weighted by atomic mass is 9.68. The Kier molecular flexibility index (Phi) is 5.01. The third-order valence-corrected chi connectivity index (χ3v) is 8.62. The average Bonchev–Trinajstić information content (AvgIpc) is 3.43. The molecule has 3 aliphatic rings. The van der Waals surface area contributed by atoms with Crippen molar-refractivity contribution in [2.24, 2.45) is 17.8 Å². The molecule has 2 saturated carbocycles. The van der Waals surface area contributed by atoms with Crippen LogP contribution >= 0.6 is 22.6 Å². The highest BCUT2D eigenvalue weighted by atomic mass is 127. The minimum atomic E-state index is -0.0259. The fraction of sp³-hybridized carbons (Fsp3) is 0.321. The highest BCUT2D eigenvalue weighted by Gasteiger charge is 2.53. The number of nitrogens with one attached hydrogen (secondary N) is 2. The van der Waals surface area contributed by atoms with Gasteiger partial charge in [0.15, 0.2) is 0 Å².